The molecule has 0 N–H and O–H groups in total. The molecule has 1 aromatic heterocycles. The van der Waals surface area contributed by atoms with Crippen LogP contribution in [0.15, 0.2) is 12.7 Å². The van der Waals surface area contributed by atoms with E-state index in [4.69, 9.17) is 12.2 Å². The predicted octanol–water partition coefficient (Wildman–Crippen LogP) is 0.443. The number of piperazine rings is 1. The lowest BCUT2D eigenvalue weighted by Crippen LogP contribution is -2.48. The highest BCUT2D eigenvalue weighted by atomic mass is 32.2. The van der Waals surface area contributed by atoms with Gasteiger partial charge in [0.25, 0.3) is 0 Å². The summed E-state index contributed by atoms with van der Waals surface area (Å²) >= 11 is 5.41. The molecule has 2 rings (SSSR count). The number of aryl methyl sites for hydroxylation is 1. The normalized spacial score (nSPS) is 18.0. The maximum Gasteiger partial charge on any atom is 0.211 e. The summed E-state index contributed by atoms with van der Waals surface area (Å²) in [6.07, 6.45) is 3.04. The predicted molar refractivity (Wildman–Crippen MR) is 84.0 cm³/mol. The summed E-state index contributed by atoms with van der Waals surface area (Å²) in [5, 5.41) is 4.44. The van der Waals surface area contributed by atoms with E-state index in [1.54, 1.807) is 10.8 Å². The van der Waals surface area contributed by atoms with Gasteiger partial charge in [-0.1, -0.05) is 6.08 Å². The first-order valence-electron chi connectivity index (χ1n) is 6.75. The second kappa shape index (κ2) is 6.39. The van der Waals surface area contributed by atoms with Crippen LogP contribution < -0.4 is 0 Å². The van der Waals surface area contributed by atoms with E-state index in [0.717, 1.165) is 5.82 Å². The number of aromatic nitrogens is 3. The third-order valence-corrected chi connectivity index (χ3v) is 5.29. The average Bonchev–Trinajstić information content (AvgIpc) is 2.66. The molecule has 7 nitrogen and oxygen atoms in total. The van der Waals surface area contributed by atoms with Crippen LogP contribution in [0.3, 0.4) is 0 Å². The van der Waals surface area contributed by atoms with Crippen LogP contribution in [-0.2, 0) is 23.2 Å². The van der Waals surface area contributed by atoms with Crippen molar-refractivity contribution in [2.24, 2.45) is 0 Å². The van der Waals surface area contributed by atoms with Crippen molar-refractivity contribution in [2.45, 2.75) is 20.1 Å². The fourth-order valence-corrected chi connectivity index (χ4v) is 3.50. The van der Waals surface area contributed by atoms with Gasteiger partial charge in [-0.2, -0.15) is 9.40 Å². The Labute approximate surface area is 130 Å². The largest absolute Gasteiger partial charge is 0.300 e. The third kappa shape index (κ3) is 3.79. The number of hydrogen-bond acceptors (Lipinski definition) is 5. The molecule has 0 aromatic carbocycles. The summed E-state index contributed by atoms with van der Waals surface area (Å²) in [7, 11) is -3.09. The first-order valence-corrected chi connectivity index (χ1v) is 9.01. The molecule has 0 aliphatic carbocycles. The van der Waals surface area contributed by atoms with Gasteiger partial charge in [0.15, 0.2) is 4.77 Å². The van der Waals surface area contributed by atoms with E-state index < -0.39 is 10.0 Å². The SMILES string of the molecule is C=CCn1c(C)nn(CN2CCN(S(C)(=O)=O)CC2)c1=S. The van der Waals surface area contributed by atoms with Gasteiger partial charge < -0.3 is 4.57 Å². The van der Waals surface area contributed by atoms with Crippen molar-refractivity contribution in [3.63, 3.8) is 0 Å². The number of sulfonamides is 1. The first kappa shape index (κ1) is 16.3. The van der Waals surface area contributed by atoms with Gasteiger partial charge in [-0.05, 0) is 19.1 Å². The van der Waals surface area contributed by atoms with E-state index in [-0.39, 0.29) is 0 Å². The lowest BCUT2D eigenvalue weighted by molar-refractivity contribution is 0.145. The Morgan fingerprint density at radius 3 is 2.48 bits per heavy atom. The second-order valence-electron chi connectivity index (χ2n) is 5.15. The van der Waals surface area contributed by atoms with Crippen LogP contribution in [-0.4, -0.2) is 64.4 Å². The van der Waals surface area contributed by atoms with Crippen LogP contribution in [0.2, 0.25) is 0 Å². The second-order valence-corrected chi connectivity index (χ2v) is 7.50. The molecule has 0 radical (unpaired) electrons. The quantitative estimate of drug-likeness (QED) is 0.579. The van der Waals surface area contributed by atoms with Gasteiger partial charge in [-0.3, -0.25) is 4.90 Å². The molecular weight excluding hydrogens is 310 g/mol. The van der Waals surface area contributed by atoms with Gasteiger partial charge in [-0.25, -0.2) is 13.1 Å². The molecule has 0 spiro atoms. The topological polar surface area (TPSA) is 63.4 Å². The lowest BCUT2D eigenvalue weighted by atomic mass is 10.4. The van der Waals surface area contributed by atoms with Gasteiger partial charge in [0.1, 0.15) is 5.82 Å². The van der Waals surface area contributed by atoms with Crippen LogP contribution in [0.5, 0.6) is 0 Å². The van der Waals surface area contributed by atoms with Crippen LogP contribution in [0.4, 0.5) is 0 Å². The van der Waals surface area contributed by atoms with E-state index in [2.05, 4.69) is 16.6 Å². The van der Waals surface area contributed by atoms with E-state index in [1.807, 2.05) is 11.5 Å². The van der Waals surface area contributed by atoms with Crippen LogP contribution in [0.25, 0.3) is 0 Å². The molecule has 118 valence electrons. The van der Waals surface area contributed by atoms with Crippen molar-refractivity contribution in [3.8, 4) is 0 Å². The summed E-state index contributed by atoms with van der Waals surface area (Å²) in [6, 6.07) is 0. The Bertz CT molecular complexity index is 668. The summed E-state index contributed by atoms with van der Waals surface area (Å²) in [5.74, 6) is 0.856. The van der Waals surface area contributed by atoms with Gasteiger partial charge in [0.2, 0.25) is 10.0 Å². The first-order chi connectivity index (χ1) is 9.82. The van der Waals surface area contributed by atoms with Crippen LogP contribution in [0, 0.1) is 11.7 Å². The Morgan fingerprint density at radius 2 is 1.95 bits per heavy atom. The summed E-state index contributed by atoms with van der Waals surface area (Å²) < 4.78 is 28.8. The van der Waals surface area contributed by atoms with Crippen molar-refractivity contribution < 1.29 is 8.42 Å². The molecule has 1 fully saturated rings. The van der Waals surface area contributed by atoms with E-state index in [0.29, 0.717) is 44.2 Å². The minimum atomic E-state index is -3.09. The van der Waals surface area contributed by atoms with Crippen molar-refractivity contribution in [1.82, 2.24) is 23.6 Å². The standard InChI is InChI=1S/C12H21N5O2S2/c1-4-5-16-11(2)13-17(12(16)20)10-14-6-8-15(9-7-14)21(3,18)19/h4H,1,5-10H2,2-3H3. The van der Waals surface area contributed by atoms with Gasteiger partial charge >= 0.3 is 0 Å². The molecular formula is C12H21N5O2S2. The fraction of sp³-hybridized carbons (Fsp3) is 0.667. The zero-order valence-corrected chi connectivity index (χ0v) is 14.0. The monoisotopic (exact) mass is 331 g/mol. The minimum absolute atomic E-state index is 0.512. The van der Waals surface area contributed by atoms with Gasteiger partial charge in [0.05, 0.1) is 12.9 Å². The molecule has 2 heterocycles. The summed E-state index contributed by atoms with van der Waals surface area (Å²) in [4.78, 5) is 2.15. The summed E-state index contributed by atoms with van der Waals surface area (Å²) in [6.45, 7) is 9.25. The Morgan fingerprint density at radius 1 is 1.33 bits per heavy atom. The maximum atomic E-state index is 11.5. The highest BCUT2D eigenvalue weighted by Crippen LogP contribution is 2.08. The fourth-order valence-electron chi connectivity index (χ4n) is 2.37. The lowest BCUT2D eigenvalue weighted by Gasteiger charge is -2.32. The van der Waals surface area contributed by atoms with Crippen LogP contribution >= 0.6 is 12.2 Å². The number of hydrogen-bond donors (Lipinski definition) is 0. The molecule has 1 saturated heterocycles. The van der Waals surface area contributed by atoms with E-state index >= 15 is 0 Å². The third-order valence-electron chi connectivity index (χ3n) is 3.55. The Balaban J connectivity index is 2.03. The average molecular weight is 331 g/mol. The molecule has 0 atom stereocenters. The van der Waals surface area contributed by atoms with Gasteiger partial charge in [0, 0.05) is 32.7 Å². The highest BCUT2D eigenvalue weighted by molar-refractivity contribution is 7.88. The molecule has 0 amide bonds. The molecule has 1 aliphatic heterocycles. The van der Waals surface area contributed by atoms with Crippen molar-refractivity contribution in [2.75, 3.05) is 32.4 Å². The number of allylic oxidation sites excluding steroid dienone is 1. The Hall–Kier alpha value is -1.03. The number of nitrogens with zero attached hydrogens (tertiary/aromatic N) is 5. The molecule has 0 bridgehead atoms. The van der Waals surface area contributed by atoms with Crippen molar-refractivity contribution in [3.05, 3.63) is 23.3 Å². The molecule has 9 heteroatoms. The zero-order chi connectivity index (χ0) is 15.6. The highest BCUT2D eigenvalue weighted by Gasteiger charge is 2.23. The van der Waals surface area contributed by atoms with Gasteiger partial charge in [-0.15, -0.1) is 6.58 Å². The maximum absolute atomic E-state index is 11.5. The van der Waals surface area contributed by atoms with Crippen molar-refractivity contribution >= 4 is 22.2 Å². The minimum Gasteiger partial charge on any atom is -0.300 e. The van der Waals surface area contributed by atoms with Crippen LogP contribution in [0.1, 0.15) is 5.82 Å². The summed E-state index contributed by atoms with van der Waals surface area (Å²) in [5.41, 5.74) is 0. The molecule has 1 aliphatic rings. The molecule has 1 aromatic rings. The smallest absolute Gasteiger partial charge is 0.211 e. The van der Waals surface area contributed by atoms with Crippen molar-refractivity contribution in [1.29, 1.82) is 0 Å². The number of rotatable bonds is 5. The molecule has 0 unspecified atom stereocenters. The van der Waals surface area contributed by atoms with E-state index in [9.17, 15) is 8.42 Å². The molecule has 21 heavy (non-hydrogen) atoms. The molecule has 0 saturated carbocycles. The zero-order valence-electron chi connectivity index (χ0n) is 12.4. The van der Waals surface area contributed by atoms with E-state index in [1.165, 1.54) is 10.6 Å². The Kier molecular flexibility index (Phi) is 4.97.